The third-order valence-corrected chi connectivity index (χ3v) is 14.1. The maximum absolute atomic E-state index is 14.7. The van der Waals surface area contributed by atoms with Crippen molar-refractivity contribution in [2.75, 3.05) is 31.7 Å². The summed E-state index contributed by atoms with van der Waals surface area (Å²) in [5.41, 5.74) is 3.00. The number of carbonyl (C=O) groups excluding carboxylic acids is 1. The van der Waals surface area contributed by atoms with Crippen LogP contribution < -0.4 is 14.4 Å². The van der Waals surface area contributed by atoms with Gasteiger partial charge in [-0.2, -0.15) is 4.39 Å². The first-order valence-corrected chi connectivity index (χ1v) is 19.5. The van der Waals surface area contributed by atoms with E-state index in [0.717, 1.165) is 42.8 Å². The van der Waals surface area contributed by atoms with E-state index in [0.29, 0.717) is 43.1 Å². The molecule has 260 valence electrons. The Morgan fingerprint density at radius 3 is 2.76 bits per heavy atom. The fraction of sp³-hybridized carbons (Fsp3) is 0.462. The maximum atomic E-state index is 14.7. The van der Waals surface area contributed by atoms with Crippen molar-refractivity contribution in [1.82, 2.24) is 9.71 Å². The number of nitrogens with one attached hydrogen (secondary N) is 1. The topological polar surface area (TPSA) is 80.8 Å². The number of hydrogen-bond donors (Lipinski definition) is 1. The van der Waals surface area contributed by atoms with Gasteiger partial charge in [0.1, 0.15) is 11.4 Å². The van der Waals surface area contributed by atoms with Crippen molar-refractivity contribution in [3.8, 4) is 5.75 Å². The number of methoxy groups -OCH3 is 1. The quantitative estimate of drug-likeness (QED) is 0.172. The van der Waals surface area contributed by atoms with E-state index >= 15 is 0 Å². The minimum Gasteiger partial charge on any atom is -0.490 e. The first-order valence-electron chi connectivity index (χ1n) is 17.3. The molecule has 7 nitrogen and oxygen atoms in total. The normalized spacial score (nSPS) is 33.7. The fourth-order valence-corrected chi connectivity index (χ4v) is 10.2. The average Bonchev–Trinajstić information content (AvgIpc) is 3.21. The number of allylic oxidation sites excluding steroid dienone is 1. The number of aryl methyl sites for hydroxylation is 1. The molecule has 7 rings (SSSR count). The highest BCUT2D eigenvalue weighted by molar-refractivity contribution is 7.99. The predicted octanol–water partition coefficient (Wildman–Crippen LogP) is 7.26. The highest BCUT2D eigenvalue weighted by Gasteiger charge is 2.50. The highest BCUT2D eigenvalue weighted by Crippen LogP contribution is 2.52. The van der Waals surface area contributed by atoms with Crippen molar-refractivity contribution < 1.29 is 22.9 Å². The molecule has 2 aromatic carbocycles. The van der Waals surface area contributed by atoms with Crippen molar-refractivity contribution in [2.45, 2.75) is 68.6 Å². The molecule has 1 saturated carbocycles. The maximum Gasteiger partial charge on any atom is 0.262 e. The van der Waals surface area contributed by atoms with Gasteiger partial charge in [0.15, 0.2) is 0 Å². The summed E-state index contributed by atoms with van der Waals surface area (Å²) in [6.45, 7) is 5.70. The Balaban J connectivity index is 1.37. The molecule has 2 aliphatic carbocycles. The number of hydrogen-bond acceptors (Lipinski definition) is 6. The molecule has 49 heavy (non-hydrogen) atoms. The summed E-state index contributed by atoms with van der Waals surface area (Å²) in [6.07, 6.45) is 9.40. The molecule has 0 radical (unpaired) electrons. The number of amides is 1. The van der Waals surface area contributed by atoms with Gasteiger partial charge in [0, 0.05) is 47.4 Å². The van der Waals surface area contributed by atoms with Crippen LogP contribution in [0.4, 0.5) is 10.1 Å². The van der Waals surface area contributed by atoms with Gasteiger partial charge in [-0.1, -0.05) is 42.8 Å². The Bertz CT molecular complexity index is 1900. The standard InChI is InChI=1S/C39H45ClFN3O4S/c1-25-8-6-19-39(47-3,35-10-5-11-36(41)42-35)32-15-12-29(32)22-44-23-38(18-7-9-27-20-30(40)14-16-31(27)38)24-48-34-17-13-28(21-33(34)44)37(45)43-49(4,46)26(25)2/h5-6,10-11,13-14,16-17,19-21,25-26,29,32H,4,7-9,12,15,18,22-24H2,1-3H3,(H,43,45,46)/b19-6+/t25-,26+,29-,32+,38-,39-,49?/m0/s1. The van der Waals surface area contributed by atoms with Gasteiger partial charge in [-0.25, -0.2) is 9.19 Å². The van der Waals surface area contributed by atoms with Crippen molar-refractivity contribution in [2.24, 2.45) is 17.8 Å². The largest absolute Gasteiger partial charge is 0.490 e. The van der Waals surface area contributed by atoms with E-state index in [-0.39, 0.29) is 23.2 Å². The van der Waals surface area contributed by atoms with E-state index in [4.69, 9.17) is 21.1 Å². The number of benzene rings is 2. The zero-order chi connectivity index (χ0) is 34.6. The van der Waals surface area contributed by atoms with E-state index in [9.17, 15) is 13.4 Å². The number of carbonyl (C=O) groups is 1. The number of anilines is 1. The van der Waals surface area contributed by atoms with Crippen LogP contribution in [0.5, 0.6) is 5.75 Å². The molecule has 2 aliphatic heterocycles. The van der Waals surface area contributed by atoms with E-state index in [1.807, 2.05) is 50.3 Å². The molecular formula is C39H45ClFN3O4S. The second-order valence-electron chi connectivity index (χ2n) is 14.6. The second-order valence-corrected chi connectivity index (χ2v) is 17.4. The van der Waals surface area contributed by atoms with Crippen molar-refractivity contribution >= 4 is 38.8 Å². The van der Waals surface area contributed by atoms with Gasteiger partial charge in [-0.3, -0.25) is 9.52 Å². The van der Waals surface area contributed by atoms with E-state index in [2.05, 4.69) is 32.6 Å². The third-order valence-electron chi connectivity index (χ3n) is 11.7. The Morgan fingerprint density at radius 1 is 1.16 bits per heavy atom. The zero-order valence-corrected chi connectivity index (χ0v) is 30.0. The molecule has 2 bridgehead atoms. The fourth-order valence-electron chi connectivity index (χ4n) is 8.57. The van der Waals surface area contributed by atoms with E-state index in [1.165, 1.54) is 17.2 Å². The zero-order valence-electron chi connectivity index (χ0n) is 28.4. The predicted molar refractivity (Wildman–Crippen MR) is 194 cm³/mol. The summed E-state index contributed by atoms with van der Waals surface area (Å²) < 4.78 is 44.5. The molecule has 1 N–H and O–H groups in total. The van der Waals surface area contributed by atoms with Crippen molar-refractivity contribution in [3.05, 3.63) is 100 Å². The van der Waals surface area contributed by atoms with Crippen LogP contribution in [0.25, 0.3) is 0 Å². The number of nitrogens with zero attached hydrogens (tertiary/aromatic N) is 2. The number of fused-ring (bicyclic) bond motifs is 4. The van der Waals surface area contributed by atoms with Crippen molar-refractivity contribution in [1.29, 1.82) is 0 Å². The minimum atomic E-state index is -3.02. The molecule has 0 saturated heterocycles. The summed E-state index contributed by atoms with van der Waals surface area (Å²) in [7, 11) is -1.34. The van der Waals surface area contributed by atoms with Gasteiger partial charge in [0.25, 0.3) is 5.91 Å². The molecule has 10 heteroatoms. The van der Waals surface area contributed by atoms with E-state index in [1.54, 1.807) is 19.2 Å². The molecule has 4 aliphatic rings. The summed E-state index contributed by atoms with van der Waals surface area (Å²) in [5.74, 6) is 3.83. The molecular weight excluding hydrogens is 661 g/mol. The summed E-state index contributed by atoms with van der Waals surface area (Å²) in [4.78, 5) is 20.4. The third kappa shape index (κ3) is 6.16. The molecule has 1 unspecified atom stereocenters. The van der Waals surface area contributed by atoms with Gasteiger partial charge in [0.05, 0.1) is 27.7 Å². The van der Waals surface area contributed by atoms with Crippen LogP contribution in [-0.4, -0.2) is 53.0 Å². The first kappa shape index (κ1) is 34.1. The minimum absolute atomic E-state index is 0.00764. The SMILES string of the molecule is C=S1(=O)NC(=O)c2ccc3c(c2)N(C[C@@H]2CC[C@H]2[C@](OC)(c2cccc(F)n2)/C=C/C[C@H](C)[C@H]1C)C[C@@]1(CCCc2cc(Cl)ccc21)CO3. The Labute approximate surface area is 294 Å². The number of ether oxygens (including phenoxy) is 2. The lowest BCUT2D eigenvalue weighted by molar-refractivity contribution is -0.0834. The molecule has 1 fully saturated rings. The molecule has 1 spiro atoms. The van der Waals surface area contributed by atoms with Gasteiger partial charge < -0.3 is 14.4 Å². The van der Waals surface area contributed by atoms with Crippen LogP contribution in [-0.2, 0) is 31.9 Å². The van der Waals surface area contributed by atoms with Crippen LogP contribution in [0.15, 0.2) is 66.7 Å². The average molecular weight is 706 g/mol. The smallest absolute Gasteiger partial charge is 0.262 e. The number of aromatic nitrogens is 1. The van der Waals surface area contributed by atoms with Gasteiger partial charge >= 0.3 is 0 Å². The lowest BCUT2D eigenvalue weighted by Crippen LogP contribution is -2.52. The molecule has 1 amide bonds. The number of rotatable bonds is 2. The van der Waals surface area contributed by atoms with Crippen molar-refractivity contribution in [3.63, 3.8) is 0 Å². The summed E-state index contributed by atoms with van der Waals surface area (Å²) in [6, 6.07) is 16.6. The summed E-state index contributed by atoms with van der Waals surface area (Å²) in [5, 5.41) is 0.308. The Hall–Kier alpha value is -3.40. The molecule has 3 heterocycles. The Morgan fingerprint density at radius 2 is 2.00 bits per heavy atom. The van der Waals surface area contributed by atoms with Gasteiger partial charge in [-0.15, -0.1) is 0 Å². The van der Waals surface area contributed by atoms with Crippen LogP contribution in [0.1, 0.15) is 73.1 Å². The van der Waals surface area contributed by atoms with E-state index < -0.39 is 32.4 Å². The second kappa shape index (κ2) is 13.1. The highest BCUT2D eigenvalue weighted by atomic mass is 35.5. The number of halogens is 2. The van der Waals surface area contributed by atoms with Crippen LogP contribution in [0.3, 0.4) is 0 Å². The molecule has 7 atom stereocenters. The summed E-state index contributed by atoms with van der Waals surface area (Å²) >= 11 is 6.47. The van der Waals surface area contributed by atoms with Gasteiger partial charge in [0.2, 0.25) is 5.95 Å². The molecule has 3 aromatic rings. The number of pyridine rings is 1. The molecule has 1 aromatic heterocycles. The first-order chi connectivity index (χ1) is 23.4. The van der Waals surface area contributed by atoms with Crippen LogP contribution >= 0.6 is 11.6 Å². The van der Waals surface area contributed by atoms with Crippen LogP contribution in [0, 0.1) is 23.7 Å². The van der Waals surface area contributed by atoms with Crippen LogP contribution in [0.2, 0.25) is 5.02 Å². The lowest BCUT2D eigenvalue weighted by Gasteiger charge is -2.50. The lowest BCUT2D eigenvalue weighted by atomic mass is 9.62. The van der Waals surface area contributed by atoms with Gasteiger partial charge in [-0.05, 0) is 117 Å². The Kier molecular flexibility index (Phi) is 9.07. The monoisotopic (exact) mass is 705 g/mol.